The van der Waals surface area contributed by atoms with E-state index in [9.17, 15) is 26.0 Å². The van der Waals surface area contributed by atoms with Gasteiger partial charge < -0.3 is 10.3 Å². The molecule has 2 aromatic carbocycles. The Morgan fingerprint density at radius 1 is 1.19 bits per heavy atom. The van der Waals surface area contributed by atoms with Crippen LogP contribution in [0.15, 0.2) is 59.5 Å². The number of aromatic nitrogens is 2. The van der Waals surface area contributed by atoms with Crippen LogP contribution in [-0.4, -0.2) is 42.9 Å². The standard InChI is InChI=1S/C20H20F4N4O2S.ClH/c1-27(2)31(29,30)16-5-3-13(4-6-16)17-9-14(20(22,23)24)10-18-19(17)26-12-28(18)11-15(21)7-8-25;/h3-7,9-10,12H,8,11,25H2,1-2H3;1H/b15-7-;. The minimum absolute atomic E-state index is 0. The number of benzene rings is 2. The fourth-order valence-electron chi connectivity index (χ4n) is 3.05. The minimum atomic E-state index is -4.64. The Hall–Kier alpha value is -2.47. The third-order valence-corrected chi connectivity index (χ3v) is 6.49. The average molecular weight is 493 g/mol. The Labute approximate surface area is 188 Å². The van der Waals surface area contributed by atoms with Gasteiger partial charge in [-0.05, 0) is 35.9 Å². The van der Waals surface area contributed by atoms with Crippen LogP contribution in [0.3, 0.4) is 0 Å². The van der Waals surface area contributed by atoms with Crippen molar-refractivity contribution in [3.8, 4) is 11.1 Å². The number of rotatable bonds is 6. The molecular weight excluding hydrogens is 472 g/mol. The molecule has 12 heteroatoms. The molecule has 2 N–H and O–H groups in total. The van der Waals surface area contributed by atoms with E-state index in [4.69, 9.17) is 5.73 Å². The van der Waals surface area contributed by atoms with Gasteiger partial charge in [0.05, 0.1) is 34.4 Å². The summed E-state index contributed by atoms with van der Waals surface area (Å²) in [6.45, 7) is -0.353. The maximum Gasteiger partial charge on any atom is 0.416 e. The van der Waals surface area contributed by atoms with Gasteiger partial charge in [0.25, 0.3) is 0 Å². The lowest BCUT2D eigenvalue weighted by Gasteiger charge is -2.13. The van der Waals surface area contributed by atoms with Crippen molar-refractivity contribution in [3.63, 3.8) is 0 Å². The molecule has 0 amide bonds. The highest BCUT2D eigenvalue weighted by Crippen LogP contribution is 2.37. The molecule has 0 unspecified atom stereocenters. The van der Waals surface area contributed by atoms with E-state index in [1.165, 1.54) is 49.3 Å². The number of sulfonamides is 1. The summed E-state index contributed by atoms with van der Waals surface area (Å²) in [6, 6.07) is 7.32. The fourth-order valence-corrected chi connectivity index (χ4v) is 3.95. The number of nitrogens with two attached hydrogens (primary N) is 1. The molecule has 1 heterocycles. The molecule has 0 radical (unpaired) electrons. The van der Waals surface area contributed by atoms with E-state index in [0.717, 1.165) is 22.5 Å². The Bertz CT molecular complexity index is 1240. The third kappa shape index (κ3) is 5.12. The van der Waals surface area contributed by atoms with Gasteiger partial charge in [0.15, 0.2) is 0 Å². The molecule has 0 aliphatic heterocycles. The van der Waals surface area contributed by atoms with Gasteiger partial charge in [-0.25, -0.2) is 22.1 Å². The normalized spacial score (nSPS) is 12.9. The SMILES string of the molecule is CN(C)S(=O)(=O)c1ccc(-c2cc(C(F)(F)F)cc3c2ncn3C/C(F)=C/CN)cc1.Cl. The molecule has 6 nitrogen and oxygen atoms in total. The summed E-state index contributed by atoms with van der Waals surface area (Å²) >= 11 is 0. The second-order valence-corrected chi connectivity index (χ2v) is 9.11. The van der Waals surface area contributed by atoms with Gasteiger partial charge in [-0.3, -0.25) is 0 Å². The molecule has 0 aliphatic carbocycles. The van der Waals surface area contributed by atoms with Crippen molar-refractivity contribution in [1.82, 2.24) is 13.9 Å². The van der Waals surface area contributed by atoms with E-state index in [-0.39, 0.29) is 47.0 Å². The first-order valence-electron chi connectivity index (χ1n) is 9.09. The zero-order chi connectivity index (χ0) is 23.0. The number of halogens is 5. The van der Waals surface area contributed by atoms with Crippen LogP contribution >= 0.6 is 12.4 Å². The molecule has 1 aromatic heterocycles. The number of hydrogen-bond donors (Lipinski definition) is 1. The Morgan fingerprint density at radius 2 is 1.81 bits per heavy atom. The van der Waals surface area contributed by atoms with Crippen molar-refractivity contribution < 1.29 is 26.0 Å². The monoisotopic (exact) mass is 492 g/mol. The molecule has 32 heavy (non-hydrogen) atoms. The third-order valence-electron chi connectivity index (χ3n) is 4.66. The van der Waals surface area contributed by atoms with E-state index in [1.807, 2.05) is 0 Å². The molecule has 0 fully saturated rings. The predicted molar refractivity (Wildman–Crippen MR) is 117 cm³/mol. The zero-order valence-electron chi connectivity index (χ0n) is 17.1. The largest absolute Gasteiger partial charge is 0.416 e. The van der Waals surface area contributed by atoms with Gasteiger partial charge in [-0.1, -0.05) is 12.1 Å². The number of nitrogens with zero attached hydrogens (tertiary/aromatic N) is 3. The quantitative estimate of drug-likeness (QED) is 0.523. The Morgan fingerprint density at radius 3 is 2.34 bits per heavy atom. The zero-order valence-corrected chi connectivity index (χ0v) is 18.7. The van der Waals surface area contributed by atoms with Crippen molar-refractivity contribution >= 4 is 33.5 Å². The van der Waals surface area contributed by atoms with Crippen molar-refractivity contribution in [2.75, 3.05) is 20.6 Å². The summed E-state index contributed by atoms with van der Waals surface area (Å²) in [5.41, 5.74) is 5.18. The number of fused-ring (bicyclic) bond motifs is 1. The number of alkyl halides is 3. The van der Waals surface area contributed by atoms with Crippen LogP contribution in [0.25, 0.3) is 22.2 Å². The smallest absolute Gasteiger partial charge is 0.327 e. The molecular formula is C20H21ClF4N4O2S. The van der Waals surface area contributed by atoms with Gasteiger partial charge in [0.2, 0.25) is 10.0 Å². The summed E-state index contributed by atoms with van der Waals surface area (Å²) < 4.78 is 81.3. The van der Waals surface area contributed by atoms with Crippen LogP contribution in [0.2, 0.25) is 0 Å². The topological polar surface area (TPSA) is 81.2 Å². The maximum atomic E-state index is 13.9. The summed E-state index contributed by atoms with van der Waals surface area (Å²) in [5, 5.41) is 0. The lowest BCUT2D eigenvalue weighted by molar-refractivity contribution is -0.137. The molecule has 0 spiro atoms. The van der Waals surface area contributed by atoms with Gasteiger partial charge in [0.1, 0.15) is 5.83 Å². The highest BCUT2D eigenvalue weighted by atomic mass is 35.5. The molecule has 0 bridgehead atoms. The van der Waals surface area contributed by atoms with Gasteiger partial charge in [-0.2, -0.15) is 13.2 Å². The fraction of sp³-hybridized carbons (Fsp3) is 0.250. The molecule has 3 aromatic rings. The number of hydrogen-bond acceptors (Lipinski definition) is 4. The summed E-state index contributed by atoms with van der Waals surface area (Å²) in [5.74, 6) is -0.598. The second-order valence-electron chi connectivity index (χ2n) is 6.96. The van der Waals surface area contributed by atoms with E-state index in [0.29, 0.717) is 5.56 Å². The van der Waals surface area contributed by atoms with Crippen LogP contribution in [0.5, 0.6) is 0 Å². The summed E-state index contributed by atoms with van der Waals surface area (Å²) in [6.07, 6.45) is -2.26. The van der Waals surface area contributed by atoms with Crippen LogP contribution in [0.4, 0.5) is 17.6 Å². The maximum absolute atomic E-state index is 13.9. The highest BCUT2D eigenvalue weighted by molar-refractivity contribution is 7.89. The Balaban J connectivity index is 0.00000363. The molecule has 0 atom stereocenters. The molecule has 3 rings (SSSR count). The van der Waals surface area contributed by atoms with Crippen molar-refractivity contribution in [1.29, 1.82) is 0 Å². The van der Waals surface area contributed by atoms with E-state index < -0.39 is 27.6 Å². The first-order valence-corrected chi connectivity index (χ1v) is 10.5. The van der Waals surface area contributed by atoms with Crippen LogP contribution in [0, 0.1) is 0 Å². The molecule has 0 saturated heterocycles. The van der Waals surface area contributed by atoms with E-state index >= 15 is 0 Å². The summed E-state index contributed by atoms with van der Waals surface area (Å²) in [4.78, 5) is 4.18. The van der Waals surface area contributed by atoms with Crippen molar-refractivity contribution in [2.45, 2.75) is 17.6 Å². The number of allylic oxidation sites excluding steroid dienone is 1. The highest BCUT2D eigenvalue weighted by Gasteiger charge is 2.32. The van der Waals surface area contributed by atoms with Gasteiger partial charge in [-0.15, -0.1) is 12.4 Å². The van der Waals surface area contributed by atoms with Crippen LogP contribution in [-0.2, 0) is 22.7 Å². The Kier molecular flexibility index (Phi) is 7.71. The van der Waals surface area contributed by atoms with E-state index in [1.54, 1.807) is 0 Å². The lowest BCUT2D eigenvalue weighted by atomic mass is 10.0. The molecule has 0 saturated carbocycles. The number of imidazole rings is 1. The lowest BCUT2D eigenvalue weighted by Crippen LogP contribution is -2.22. The minimum Gasteiger partial charge on any atom is -0.327 e. The first-order chi connectivity index (χ1) is 14.4. The molecule has 0 aliphatic rings. The van der Waals surface area contributed by atoms with Gasteiger partial charge >= 0.3 is 6.18 Å². The van der Waals surface area contributed by atoms with Crippen molar-refractivity contribution in [3.05, 3.63) is 60.2 Å². The predicted octanol–water partition coefficient (Wildman–Crippen LogP) is 4.21. The summed E-state index contributed by atoms with van der Waals surface area (Å²) in [7, 11) is -0.930. The average Bonchev–Trinajstić information content (AvgIpc) is 3.09. The second kappa shape index (κ2) is 9.57. The van der Waals surface area contributed by atoms with E-state index in [2.05, 4.69) is 4.98 Å². The van der Waals surface area contributed by atoms with Crippen LogP contribution < -0.4 is 5.73 Å². The van der Waals surface area contributed by atoms with Gasteiger partial charge in [0, 0.05) is 26.2 Å². The first kappa shape index (κ1) is 25.8. The van der Waals surface area contributed by atoms with Crippen LogP contribution in [0.1, 0.15) is 5.56 Å². The van der Waals surface area contributed by atoms with Crippen molar-refractivity contribution in [2.24, 2.45) is 5.73 Å². The molecule has 174 valence electrons.